The topological polar surface area (TPSA) is 98.7 Å². The Hall–Kier alpha value is -2.06. The zero-order chi connectivity index (χ0) is 26.2. The van der Waals surface area contributed by atoms with Crippen LogP contribution >= 0.6 is 11.8 Å². The zero-order valence-electron chi connectivity index (χ0n) is 22.1. The molecule has 0 radical (unpaired) electrons. The fourth-order valence-electron chi connectivity index (χ4n) is 7.48. The SMILES string of the molecule is CCCNC(=O)[C@H]1[C@H]2C(=O)N([C@@H](CO)Cc3ccccc3)C(C(=O)NC3CCCCC3)C23CC[C@]1(C)S3. The highest BCUT2D eigenvalue weighted by atomic mass is 32.2. The summed E-state index contributed by atoms with van der Waals surface area (Å²) in [6.45, 7) is 4.46. The number of nitrogens with zero attached hydrogens (tertiary/aromatic N) is 1. The van der Waals surface area contributed by atoms with Gasteiger partial charge in [0.15, 0.2) is 0 Å². The molecule has 7 nitrogen and oxygen atoms in total. The van der Waals surface area contributed by atoms with Gasteiger partial charge in [0, 0.05) is 17.3 Å². The summed E-state index contributed by atoms with van der Waals surface area (Å²) in [5.41, 5.74) is 1.01. The van der Waals surface area contributed by atoms with E-state index in [-0.39, 0.29) is 35.1 Å². The first-order valence-electron chi connectivity index (χ1n) is 14.1. The van der Waals surface area contributed by atoms with Gasteiger partial charge in [0.25, 0.3) is 0 Å². The summed E-state index contributed by atoms with van der Waals surface area (Å²) in [6, 6.07) is 8.72. The van der Waals surface area contributed by atoms with Gasteiger partial charge in [-0.05, 0) is 51.0 Å². The number of carbonyl (C=O) groups excluding carboxylic acids is 3. The second-order valence-corrected chi connectivity index (χ2v) is 13.5. The van der Waals surface area contributed by atoms with Gasteiger partial charge in [0.1, 0.15) is 6.04 Å². The summed E-state index contributed by atoms with van der Waals surface area (Å²) < 4.78 is -1.02. The number of rotatable bonds is 9. The van der Waals surface area contributed by atoms with Gasteiger partial charge in [0.05, 0.1) is 29.2 Å². The summed E-state index contributed by atoms with van der Waals surface area (Å²) >= 11 is 1.70. The number of benzene rings is 1. The molecule has 1 aromatic rings. The van der Waals surface area contributed by atoms with E-state index in [2.05, 4.69) is 17.6 Å². The van der Waals surface area contributed by atoms with E-state index in [0.717, 1.165) is 50.5 Å². The lowest BCUT2D eigenvalue weighted by Crippen LogP contribution is -2.58. The largest absolute Gasteiger partial charge is 0.394 e. The molecule has 3 amide bonds. The molecule has 3 heterocycles. The number of likely N-dealkylation sites (tertiary alicyclic amines) is 1. The predicted octanol–water partition coefficient (Wildman–Crippen LogP) is 3.05. The third-order valence-corrected chi connectivity index (χ3v) is 11.2. The minimum Gasteiger partial charge on any atom is -0.394 e. The Morgan fingerprint density at radius 2 is 1.86 bits per heavy atom. The van der Waals surface area contributed by atoms with Crippen molar-refractivity contribution in [2.75, 3.05) is 13.2 Å². The maximum atomic E-state index is 14.3. The summed E-state index contributed by atoms with van der Waals surface area (Å²) in [5, 5.41) is 16.9. The van der Waals surface area contributed by atoms with E-state index >= 15 is 0 Å². The molecular weight excluding hydrogens is 486 g/mol. The van der Waals surface area contributed by atoms with E-state index in [1.165, 1.54) is 6.42 Å². The third-order valence-electron chi connectivity index (χ3n) is 9.16. The van der Waals surface area contributed by atoms with Gasteiger partial charge in [-0.2, -0.15) is 0 Å². The molecule has 1 aromatic carbocycles. The van der Waals surface area contributed by atoms with Crippen molar-refractivity contribution in [2.45, 2.75) is 99.3 Å². The molecule has 1 aliphatic carbocycles. The molecule has 5 rings (SSSR count). The average molecular weight is 528 g/mol. The molecule has 4 aliphatic rings. The van der Waals surface area contributed by atoms with Crippen LogP contribution in [0.2, 0.25) is 0 Å². The van der Waals surface area contributed by atoms with Crippen LogP contribution in [0.5, 0.6) is 0 Å². The monoisotopic (exact) mass is 527 g/mol. The second-order valence-electron chi connectivity index (χ2n) is 11.6. The van der Waals surface area contributed by atoms with E-state index < -0.39 is 28.7 Å². The van der Waals surface area contributed by atoms with Crippen LogP contribution in [0.3, 0.4) is 0 Å². The molecule has 3 saturated heterocycles. The number of hydrogen-bond donors (Lipinski definition) is 3. The van der Waals surface area contributed by atoms with E-state index in [9.17, 15) is 19.5 Å². The smallest absolute Gasteiger partial charge is 0.244 e. The van der Waals surface area contributed by atoms with Crippen LogP contribution in [0, 0.1) is 11.8 Å². The predicted molar refractivity (Wildman–Crippen MR) is 145 cm³/mol. The molecule has 6 atom stereocenters. The second kappa shape index (κ2) is 10.6. The molecule has 0 aromatic heterocycles. The van der Waals surface area contributed by atoms with Gasteiger partial charge in [-0.15, -0.1) is 11.8 Å². The van der Waals surface area contributed by atoms with Crippen LogP contribution < -0.4 is 10.6 Å². The van der Waals surface area contributed by atoms with Crippen LogP contribution in [-0.2, 0) is 20.8 Å². The third kappa shape index (κ3) is 4.58. The van der Waals surface area contributed by atoms with E-state index in [4.69, 9.17) is 0 Å². The average Bonchev–Trinajstić information content (AvgIpc) is 3.47. The van der Waals surface area contributed by atoms with Crippen molar-refractivity contribution in [1.29, 1.82) is 0 Å². The molecule has 2 unspecified atom stereocenters. The highest BCUT2D eigenvalue weighted by Gasteiger charge is 2.77. The molecule has 202 valence electrons. The summed E-state index contributed by atoms with van der Waals surface area (Å²) in [5.74, 6) is -1.36. The first-order chi connectivity index (χ1) is 17.8. The minimum atomic E-state index is -0.691. The van der Waals surface area contributed by atoms with Gasteiger partial charge in [-0.1, -0.05) is 56.5 Å². The number of carbonyl (C=O) groups is 3. The van der Waals surface area contributed by atoms with Crippen LogP contribution in [0.4, 0.5) is 0 Å². The summed E-state index contributed by atoms with van der Waals surface area (Å²) in [6.07, 6.45) is 8.14. The maximum absolute atomic E-state index is 14.3. The highest BCUT2D eigenvalue weighted by molar-refractivity contribution is 8.02. The molecule has 3 N–H and O–H groups in total. The van der Waals surface area contributed by atoms with Crippen molar-refractivity contribution in [3.8, 4) is 0 Å². The van der Waals surface area contributed by atoms with Crippen molar-refractivity contribution in [1.82, 2.24) is 15.5 Å². The number of amides is 3. The number of fused-ring (bicyclic) bond motifs is 1. The van der Waals surface area contributed by atoms with Gasteiger partial charge >= 0.3 is 0 Å². The van der Waals surface area contributed by atoms with Crippen molar-refractivity contribution in [2.24, 2.45) is 11.8 Å². The van der Waals surface area contributed by atoms with E-state index in [1.54, 1.807) is 16.7 Å². The van der Waals surface area contributed by atoms with Crippen molar-refractivity contribution in [3.63, 3.8) is 0 Å². The molecule has 37 heavy (non-hydrogen) atoms. The number of thioether (sulfide) groups is 1. The van der Waals surface area contributed by atoms with E-state index in [0.29, 0.717) is 13.0 Å². The lowest BCUT2D eigenvalue weighted by molar-refractivity contribution is -0.143. The quantitative estimate of drug-likeness (QED) is 0.459. The van der Waals surface area contributed by atoms with Crippen LogP contribution in [0.25, 0.3) is 0 Å². The van der Waals surface area contributed by atoms with Crippen LogP contribution in [0.1, 0.15) is 70.8 Å². The Morgan fingerprint density at radius 1 is 1.14 bits per heavy atom. The zero-order valence-corrected chi connectivity index (χ0v) is 22.9. The van der Waals surface area contributed by atoms with Crippen LogP contribution in [-0.4, -0.2) is 68.5 Å². The Kier molecular flexibility index (Phi) is 7.60. The standard InChI is InChI=1S/C29H41N3O4S/c1-3-16-30-25(34)22-23-27(36)32(21(18-33)17-19-10-6-4-7-11-19)24(29(23)15-14-28(22,2)37-29)26(35)31-20-12-8-5-9-13-20/h4,6-7,10-11,20-24,33H,3,5,8-9,12-18H2,1-2H3,(H,30,34)(H,31,35)/t21-,22-,23+,24?,28+,29?/m1/s1. The normalized spacial score (nSPS) is 33.9. The molecule has 3 aliphatic heterocycles. The molecule has 1 spiro atoms. The maximum Gasteiger partial charge on any atom is 0.244 e. The van der Waals surface area contributed by atoms with Crippen LogP contribution in [0.15, 0.2) is 30.3 Å². The molecule has 8 heteroatoms. The van der Waals surface area contributed by atoms with Gasteiger partial charge in [-0.25, -0.2) is 0 Å². The summed E-state index contributed by atoms with van der Waals surface area (Å²) in [7, 11) is 0. The Labute approximate surface area is 224 Å². The van der Waals surface area contributed by atoms with Gasteiger partial charge in [0.2, 0.25) is 17.7 Å². The van der Waals surface area contributed by atoms with E-state index in [1.807, 2.05) is 37.3 Å². The number of hydrogen-bond acceptors (Lipinski definition) is 5. The Morgan fingerprint density at radius 3 is 2.54 bits per heavy atom. The fourth-order valence-corrected chi connectivity index (χ4v) is 9.82. The molecular formula is C29H41N3O4S. The van der Waals surface area contributed by atoms with Crippen molar-refractivity contribution < 1.29 is 19.5 Å². The summed E-state index contributed by atoms with van der Waals surface area (Å²) in [4.78, 5) is 43.6. The lowest BCUT2D eigenvalue weighted by atomic mass is 9.66. The number of nitrogens with one attached hydrogen (secondary N) is 2. The van der Waals surface area contributed by atoms with Crippen molar-refractivity contribution in [3.05, 3.63) is 35.9 Å². The number of aliphatic hydroxyl groups is 1. The minimum absolute atomic E-state index is 0.0753. The van der Waals surface area contributed by atoms with Gasteiger partial charge in [-0.3, -0.25) is 14.4 Å². The highest BCUT2D eigenvalue weighted by Crippen LogP contribution is 2.71. The molecule has 4 fully saturated rings. The van der Waals surface area contributed by atoms with Gasteiger partial charge < -0.3 is 20.6 Å². The lowest BCUT2D eigenvalue weighted by Gasteiger charge is -2.38. The number of aliphatic hydroxyl groups excluding tert-OH is 1. The molecule has 1 saturated carbocycles. The Balaban J connectivity index is 1.52. The fraction of sp³-hybridized carbons (Fsp3) is 0.690. The van der Waals surface area contributed by atoms with Crippen molar-refractivity contribution >= 4 is 29.5 Å². The molecule has 2 bridgehead atoms. The Bertz CT molecular complexity index is 1020. The first-order valence-corrected chi connectivity index (χ1v) is 14.9. The first kappa shape index (κ1) is 26.5.